The van der Waals surface area contributed by atoms with E-state index < -0.39 is 23.9 Å². The number of carbonyl (C=O) groups excluding carboxylic acids is 1. The minimum Gasteiger partial charge on any atom is -0.478 e. The van der Waals surface area contributed by atoms with Gasteiger partial charge in [0, 0.05) is 13.1 Å². The van der Waals surface area contributed by atoms with Gasteiger partial charge < -0.3 is 20.4 Å². The molecule has 1 aliphatic rings. The summed E-state index contributed by atoms with van der Waals surface area (Å²) >= 11 is 0. The molecule has 2 atom stereocenters. The van der Waals surface area contributed by atoms with E-state index in [0.717, 1.165) is 12.1 Å². The van der Waals surface area contributed by atoms with Gasteiger partial charge in [-0.2, -0.15) is 0 Å². The Hall–Kier alpha value is -2.15. The van der Waals surface area contributed by atoms with E-state index in [1.54, 1.807) is 0 Å². The molecular weight excluding hydrogens is 279 g/mol. The third-order valence-electron chi connectivity index (χ3n) is 3.66. The molecule has 7 heteroatoms. The molecule has 6 nitrogen and oxygen atoms in total. The maximum Gasteiger partial charge on any atom is 0.337 e. The van der Waals surface area contributed by atoms with Crippen LogP contribution in [0.2, 0.25) is 0 Å². The van der Waals surface area contributed by atoms with Crippen LogP contribution in [0.5, 0.6) is 0 Å². The van der Waals surface area contributed by atoms with Crippen LogP contribution in [0.1, 0.15) is 23.7 Å². The fourth-order valence-electron chi connectivity index (χ4n) is 2.23. The molecule has 0 aromatic heterocycles. The highest BCUT2D eigenvalue weighted by molar-refractivity contribution is 6.00. The van der Waals surface area contributed by atoms with Gasteiger partial charge in [0.15, 0.2) is 0 Å². The van der Waals surface area contributed by atoms with Gasteiger partial charge in [-0.15, -0.1) is 0 Å². The van der Waals surface area contributed by atoms with Crippen molar-refractivity contribution < 1.29 is 24.2 Å². The number of hydrogen-bond acceptors (Lipinski definition) is 3. The normalized spacial score (nSPS) is 22.0. The zero-order chi connectivity index (χ0) is 15.6. The number of likely N-dealkylation sites (tertiary alicyclic amines) is 1. The van der Waals surface area contributed by atoms with Crippen LogP contribution in [0.3, 0.4) is 0 Å². The number of carboxylic acid groups (broad SMARTS) is 1. The number of aliphatic hydroxyl groups excluding tert-OH is 1. The third-order valence-corrected chi connectivity index (χ3v) is 3.66. The summed E-state index contributed by atoms with van der Waals surface area (Å²) in [5.74, 6) is -1.89. The molecule has 2 unspecified atom stereocenters. The fourth-order valence-corrected chi connectivity index (χ4v) is 2.23. The summed E-state index contributed by atoms with van der Waals surface area (Å²) in [6.45, 7) is 2.58. The number of hydrogen-bond donors (Lipinski definition) is 3. The zero-order valence-corrected chi connectivity index (χ0v) is 11.5. The molecule has 2 amide bonds. The first kappa shape index (κ1) is 15.2. The van der Waals surface area contributed by atoms with E-state index >= 15 is 0 Å². The van der Waals surface area contributed by atoms with E-state index in [-0.39, 0.29) is 23.7 Å². The predicted molar refractivity (Wildman–Crippen MR) is 73.7 cm³/mol. The maximum absolute atomic E-state index is 13.1. The Bertz CT molecular complexity index is 564. The average Bonchev–Trinajstić information content (AvgIpc) is 2.43. The van der Waals surface area contributed by atoms with Crippen LogP contribution in [-0.4, -0.2) is 46.3 Å². The van der Waals surface area contributed by atoms with Crippen LogP contribution in [-0.2, 0) is 0 Å². The van der Waals surface area contributed by atoms with Crippen molar-refractivity contribution in [1.29, 1.82) is 0 Å². The summed E-state index contributed by atoms with van der Waals surface area (Å²) in [6.07, 6.45) is 0.0701. The number of nitrogens with zero attached hydrogens (tertiary/aromatic N) is 1. The molecule has 1 saturated heterocycles. The average molecular weight is 296 g/mol. The van der Waals surface area contributed by atoms with Gasteiger partial charge in [0.1, 0.15) is 5.82 Å². The van der Waals surface area contributed by atoms with Gasteiger partial charge in [-0.3, -0.25) is 0 Å². The van der Waals surface area contributed by atoms with Gasteiger partial charge in [0.05, 0.1) is 17.4 Å². The Labute approximate surface area is 121 Å². The lowest BCUT2D eigenvalue weighted by molar-refractivity contribution is 0.0463. The van der Waals surface area contributed by atoms with Crippen molar-refractivity contribution in [3.05, 3.63) is 29.6 Å². The largest absolute Gasteiger partial charge is 0.478 e. The van der Waals surface area contributed by atoms with Gasteiger partial charge in [-0.25, -0.2) is 14.0 Å². The lowest BCUT2D eigenvalue weighted by Gasteiger charge is -2.34. The fraction of sp³-hybridized carbons (Fsp3) is 0.429. The van der Waals surface area contributed by atoms with Crippen molar-refractivity contribution >= 4 is 17.7 Å². The molecule has 0 radical (unpaired) electrons. The van der Waals surface area contributed by atoms with Crippen LogP contribution in [0.15, 0.2) is 18.2 Å². The van der Waals surface area contributed by atoms with Crippen molar-refractivity contribution in [2.24, 2.45) is 5.92 Å². The van der Waals surface area contributed by atoms with Crippen molar-refractivity contribution in [1.82, 2.24) is 4.90 Å². The second kappa shape index (κ2) is 6.09. The van der Waals surface area contributed by atoms with Gasteiger partial charge in [0.2, 0.25) is 0 Å². The van der Waals surface area contributed by atoms with E-state index in [1.807, 2.05) is 6.92 Å². The van der Waals surface area contributed by atoms with Crippen molar-refractivity contribution in [3.8, 4) is 0 Å². The molecule has 2 rings (SSSR count). The second-order valence-corrected chi connectivity index (χ2v) is 5.20. The lowest BCUT2D eigenvalue weighted by atomic mass is 9.96. The third kappa shape index (κ3) is 3.49. The Morgan fingerprint density at radius 3 is 2.76 bits per heavy atom. The molecule has 1 aromatic rings. The Morgan fingerprint density at radius 1 is 1.43 bits per heavy atom. The van der Waals surface area contributed by atoms with Gasteiger partial charge in [0.25, 0.3) is 0 Å². The predicted octanol–water partition coefficient (Wildman–Crippen LogP) is 1.76. The number of anilines is 1. The Balaban J connectivity index is 2.11. The summed E-state index contributed by atoms with van der Waals surface area (Å²) in [7, 11) is 0. The standard InChI is InChI=1S/C14H17FN2O4/c1-8-4-5-17(7-12(8)18)14(21)16-11-3-2-9(15)6-10(11)13(19)20/h2-3,6,8,12,18H,4-5,7H2,1H3,(H,16,21)(H,19,20). The summed E-state index contributed by atoms with van der Waals surface area (Å²) in [5.41, 5.74) is -0.281. The molecule has 114 valence electrons. The molecule has 0 saturated carbocycles. The molecule has 0 spiro atoms. The first-order valence-electron chi connectivity index (χ1n) is 6.65. The quantitative estimate of drug-likeness (QED) is 0.775. The molecule has 1 heterocycles. The summed E-state index contributed by atoms with van der Waals surface area (Å²) in [6, 6.07) is 2.63. The molecular formula is C14H17FN2O4. The molecule has 0 bridgehead atoms. The van der Waals surface area contributed by atoms with Crippen molar-refractivity contribution in [2.45, 2.75) is 19.4 Å². The molecule has 3 N–H and O–H groups in total. The van der Waals surface area contributed by atoms with E-state index in [9.17, 15) is 19.1 Å². The zero-order valence-electron chi connectivity index (χ0n) is 11.5. The van der Waals surface area contributed by atoms with Crippen molar-refractivity contribution in [3.63, 3.8) is 0 Å². The van der Waals surface area contributed by atoms with Crippen LogP contribution in [0.4, 0.5) is 14.9 Å². The number of β-amino-alcohol motifs (C(OH)–C–C–N with tert-alkyl or cyclic N) is 1. The monoisotopic (exact) mass is 296 g/mol. The highest BCUT2D eigenvalue weighted by Crippen LogP contribution is 2.20. The molecule has 21 heavy (non-hydrogen) atoms. The Kier molecular flexibility index (Phi) is 4.42. The molecule has 1 aliphatic heterocycles. The maximum atomic E-state index is 13.1. The number of amides is 2. The minimum atomic E-state index is -1.32. The lowest BCUT2D eigenvalue weighted by Crippen LogP contribution is -2.47. The van der Waals surface area contributed by atoms with E-state index in [4.69, 9.17) is 5.11 Å². The summed E-state index contributed by atoms with van der Waals surface area (Å²) in [4.78, 5) is 24.6. The van der Waals surface area contributed by atoms with Gasteiger partial charge in [-0.1, -0.05) is 6.92 Å². The number of nitrogens with one attached hydrogen (secondary N) is 1. The first-order chi connectivity index (χ1) is 9.88. The van der Waals surface area contributed by atoms with E-state index in [0.29, 0.717) is 13.0 Å². The van der Waals surface area contributed by atoms with Crippen LogP contribution >= 0.6 is 0 Å². The highest BCUT2D eigenvalue weighted by Gasteiger charge is 2.27. The van der Waals surface area contributed by atoms with Gasteiger partial charge >= 0.3 is 12.0 Å². The Morgan fingerprint density at radius 2 is 2.14 bits per heavy atom. The minimum absolute atomic E-state index is 0.0296. The smallest absolute Gasteiger partial charge is 0.337 e. The topological polar surface area (TPSA) is 89.9 Å². The number of carboxylic acids is 1. The molecule has 1 aromatic carbocycles. The number of rotatable bonds is 2. The van der Waals surface area contributed by atoms with E-state index in [1.165, 1.54) is 11.0 Å². The number of piperidine rings is 1. The SMILES string of the molecule is CC1CCN(C(=O)Nc2ccc(F)cc2C(=O)O)CC1O. The number of aliphatic hydroxyl groups is 1. The highest BCUT2D eigenvalue weighted by atomic mass is 19.1. The number of benzene rings is 1. The van der Waals surface area contributed by atoms with Crippen LogP contribution < -0.4 is 5.32 Å². The number of halogens is 1. The molecule has 0 aliphatic carbocycles. The van der Waals surface area contributed by atoms with E-state index in [2.05, 4.69) is 5.32 Å². The number of carbonyl (C=O) groups is 2. The number of urea groups is 1. The van der Waals surface area contributed by atoms with Crippen LogP contribution in [0.25, 0.3) is 0 Å². The summed E-state index contributed by atoms with van der Waals surface area (Å²) < 4.78 is 13.1. The van der Waals surface area contributed by atoms with Gasteiger partial charge in [-0.05, 0) is 30.5 Å². The summed E-state index contributed by atoms with van der Waals surface area (Å²) in [5, 5.41) is 21.2. The van der Waals surface area contributed by atoms with Crippen LogP contribution in [0, 0.1) is 11.7 Å². The first-order valence-corrected chi connectivity index (χ1v) is 6.65. The second-order valence-electron chi connectivity index (χ2n) is 5.20. The number of aromatic carboxylic acids is 1. The molecule has 1 fully saturated rings. The van der Waals surface area contributed by atoms with Crippen molar-refractivity contribution in [2.75, 3.05) is 18.4 Å².